The molecule has 1 atom stereocenters. The molecule has 1 heterocycles. The molecule has 2 fully saturated rings. The smallest absolute Gasteiger partial charge is 0.240 e. The molecule has 25 heavy (non-hydrogen) atoms. The van der Waals surface area contributed by atoms with Crippen LogP contribution in [0, 0.1) is 5.92 Å². The van der Waals surface area contributed by atoms with Crippen LogP contribution in [0.4, 0.5) is 5.69 Å². The van der Waals surface area contributed by atoms with Crippen molar-refractivity contribution in [1.82, 2.24) is 4.72 Å². The Hall–Kier alpha value is -1.44. The second kappa shape index (κ2) is 8.29. The highest BCUT2D eigenvalue weighted by molar-refractivity contribution is 7.89. The zero-order chi connectivity index (χ0) is 17.7. The van der Waals surface area contributed by atoms with Crippen molar-refractivity contribution in [2.45, 2.75) is 55.9 Å². The normalized spacial score (nSPS) is 22.0. The molecule has 1 aromatic rings. The number of anilines is 1. The van der Waals surface area contributed by atoms with Crippen molar-refractivity contribution in [2.24, 2.45) is 5.92 Å². The van der Waals surface area contributed by atoms with Gasteiger partial charge in [-0.25, -0.2) is 13.1 Å². The van der Waals surface area contributed by atoms with Crippen LogP contribution in [0.3, 0.4) is 0 Å². The fourth-order valence-corrected chi connectivity index (χ4v) is 4.48. The largest absolute Gasteiger partial charge is 0.377 e. The van der Waals surface area contributed by atoms with Gasteiger partial charge in [0.25, 0.3) is 0 Å². The Morgan fingerprint density at radius 3 is 2.40 bits per heavy atom. The summed E-state index contributed by atoms with van der Waals surface area (Å²) in [7, 11) is -3.56. The fraction of sp³-hybridized carbons (Fsp3) is 0.611. The topological polar surface area (TPSA) is 84.5 Å². The quantitative estimate of drug-likeness (QED) is 0.811. The van der Waals surface area contributed by atoms with Gasteiger partial charge in [0.1, 0.15) is 0 Å². The minimum absolute atomic E-state index is 0.0341. The number of hydrogen-bond acceptors (Lipinski definition) is 4. The maximum absolute atomic E-state index is 12.3. The van der Waals surface area contributed by atoms with Gasteiger partial charge >= 0.3 is 0 Å². The number of rotatable bonds is 6. The third-order valence-electron chi connectivity index (χ3n) is 4.93. The lowest BCUT2D eigenvalue weighted by atomic mass is 9.88. The zero-order valence-corrected chi connectivity index (χ0v) is 15.2. The van der Waals surface area contributed by atoms with Crippen LogP contribution in [0.1, 0.15) is 44.9 Å². The van der Waals surface area contributed by atoms with E-state index < -0.39 is 10.0 Å². The third kappa shape index (κ3) is 5.03. The van der Waals surface area contributed by atoms with E-state index in [4.69, 9.17) is 4.74 Å². The highest BCUT2D eigenvalue weighted by atomic mass is 32.2. The van der Waals surface area contributed by atoms with E-state index in [1.165, 1.54) is 18.6 Å². The summed E-state index contributed by atoms with van der Waals surface area (Å²) in [6, 6.07) is 6.32. The summed E-state index contributed by atoms with van der Waals surface area (Å²) in [5.41, 5.74) is 0.633. The molecule has 2 aliphatic rings. The fourth-order valence-electron chi connectivity index (χ4n) is 3.42. The van der Waals surface area contributed by atoms with Gasteiger partial charge in [-0.15, -0.1) is 0 Å². The van der Waals surface area contributed by atoms with Gasteiger partial charge < -0.3 is 10.1 Å². The summed E-state index contributed by atoms with van der Waals surface area (Å²) < 4.78 is 32.7. The number of carbonyl (C=O) groups excluding carboxylic acids is 1. The lowest BCUT2D eigenvalue weighted by Crippen LogP contribution is -2.31. The first kappa shape index (κ1) is 18.4. The van der Waals surface area contributed by atoms with E-state index in [0.29, 0.717) is 18.8 Å². The van der Waals surface area contributed by atoms with Crippen LogP contribution in [0.15, 0.2) is 29.2 Å². The first-order chi connectivity index (χ1) is 12.0. The van der Waals surface area contributed by atoms with Crippen molar-refractivity contribution in [2.75, 3.05) is 18.5 Å². The van der Waals surface area contributed by atoms with Gasteiger partial charge in [0.05, 0.1) is 11.0 Å². The van der Waals surface area contributed by atoms with Crippen molar-refractivity contribution in [3.8, 4) is 0 Å². The zero-order valence-electron chi connectivity index (χ0n) is 14.4. The number of benzene rings is 1. The van der Waals surface area contributed by atoms with Crippen LogP contribution in [-0.4, -0.2) is 33.6 Å². The van der Waals surface area contributed by atoms with Crippen molar-refractivity contribution >= 4 is 21.6 Å². The molecule has 0 unspecified atom stereocenters. The van der Waals surface area contributed by atoms with E-state index in [1.54, 1.807) is 12.1 Å². The van der Waals surface area contributed by atoms with Crippen molar-refractivity contribution < 1.29 is 17.9 Å². The predicted octanol–water partition coefficient (Wildman–Crippen LogP) is 2.66. The molecule has 1 saturated heterocycles. The molecule has 3 rings (SSSR count). The van der Waals surface area contributed by atoms with E-state index in [2.05, 4.69) is 10.0 Å². The average Bonchev–Trinajstić information content (AvgIpc) is 3.15. The minimum atomic E-state index is -3.56. The average molecular weight is 366 g/mol. The maximum Gasteiger partial charge on any atom is 0.240 e. The molecule has 0 radical (unpaired) electrons. The summed E-state index contributed by atoms with van der Waals surface area (Å²) in [4.78, 5) is 12.4. The monoisotopic (exact) mass is 366 g/mol. The molecule has 1 aliphatic carbocycles. The molecule has 1 amide bonds. The molecule has 0 spiro atoms. The summed E-state index contributed by atoms with van der Waals surface area (Å²) in [5, 5.41) is 2.89. The Labute approximate surface area is 149 Å². The number of nitrogens with one attached hydrogen (secondary N) is 2. The first-order valence-electron chi connectivity index (χ1n) is 9.07. The number of sulfonamides is 1. The summed E-state index contributed by atoms with van der Waals surface area (Å²) in [6.45, 7) is 0.990. The van der Waals surface area contributed by atoms with Gasteiger partial charge in [-0.3, -0.25) is 4.79 Å². The van der Waals surface area contributed by atoms with Crippen LogP contribution >= 0.6 is 0 Å². The van der Waals surface area contributed by atoms with Crippen molar-refractivity contribution in [1.29, 1.82) is 0 Å². The van der Waals surface area contributed by atoms with Gasteiger partial charge in [-0.2, -0.15) is 0 Å². The van der Waals surface area contributed by atoms with Crippen LogP contribution in [0.5, 0.6) is 0 Å². The number of amides is 1. The first-order valence-corrected chi connectivity index (χ1v) is 10.5. The van der Waals surface area contributed by atoms with Crippen LogP contribution in [0.25, 0.3) is 0 Å². The van der Waals surface area contributed by atoms with Crippen LogP contribution in [0.2, 0.25) is 0 Å². The summed E-state index contributed by atoms with van der Waals surface area (Å²) in [6.07, 6.45) is 7.10. The van der Waals surface area contributed by atoms with Gasteiger partial charge in [0.15, 0.2) is 0 Å². The second-order valence-electron chi connectivity index (χ2n) is 6.84. The molecule has 0 bridgehead atoms. The summed E-state index contributed by atoms with van der Waals surface area (Å²) in [5.74, 6) is 0.108. The van der Waals surface area contributed by atoms with Gasteiger partial charge in [0.2, 0.25) is 15.9 Å². The van der Waals surface area contributed by atoms with Crippen molar-refractivity contribution in [3.63, 3.8) is 0 Å². The number of ether oxygens (including phenoxy) is 1. The van der Waals surface area contributed by atoms with E-state index in [9.17, 15) is 13.2 Å². The minimum Gasteiger partial charge on any atom is -0.377 e. The maximum atomic E-state index is 12.3. The molecule has 138 valence electrons. The molecule has 6 nitrogen and oxygen atoms in total. The molecule has 0 aromatic heterocycles. The molecule has 7 heteroatoms. The van der Waals surface area contributed by atoms with E-state index in [-0.39, 0.29) is 22.8 Å². The Morgan fingerprint density at radius 2 is 1.76 bits per heavy atom. The van der Waals surface area contributed by atoms with Gasteiger partial charge in [-0.05, 0) is 49.9 Å². The SMILES string of the molecule is O=C(Nc1ccc(S(=O)(=O)NC[C@H]2CCCO2)cc1)C1CCCCC1. The summed E-state index contributed by atoms with van der Waals surface area (Å²) >= 11 is 0. The third-order valence-corrected chi connectivity index (χ3v) is 6.37. The Morgan fingerprint density at radius 1 is 1.04 bits per heavy atom. The lowest BCUT2D eigenvalue weighted by Gasteiger charge is -2.20. The van der Waals surface area contributed by atoms with E-state index in [1.807, 2.05) is 0 Å². The molecule has 1 aromatic carbocycles. The number of hydrogen-bond donors (Lipinski definition) is 2. The second-order valence-corrected chi connectivity index (χ2v) is 8.60. The predicted molar refractivity (Wildman–Crippen MR) is 95.8 cm³/mol. The molecular weight excluding hydrogens is 340 g/mol. The number of carbonyl (C=O) groups is 1. The Kier molecular flexibility index (Phi) is 6.09. The highest BCUT2D eigenvalue weighted by Crippen LogP contribution is 2.25. The molecule has 1 aliphatic heterocycles. The Bertz CT molecular complexity index is 676. The van der Waals surface area contributed by atoms with Crippen LogP contribution < -0.4 is 10.0 Å². The van der Waals surface area contributed by atoms with E-state index in [0.717, 1.165) is 38.5 Å². The highest BCUT2D eigenvalue weighted by Gasteiger charge is 2.22. The molecule has 1 saturated carbocycles. The lowest BCUT2D eigenvalue weighted by molar-refractivity contribution is -0.120. The van der Waals surface area contributed by atoms with E-state index >= 15 is 0 Å². The molecular formula is C18H26N2O4S. The van der Waals surface area contributed by atoms with Gasteiger partial charge in [0, 0.05) is 24.8 Å². The van der Waals surface area contributed by atoms with Crippen molar-refractivity contribution in [3.05, 3.63) is 24.3 Å². The standard InChI is InChI=1S/C18H26N2O4S/c21-18(14-5-2-1-3-6-14)20-15-8-10-17(11-9-15)25(22,23)19-13-16-7-4-12-24-16/h8-11,14,16,19H,1-7,12-13H2,(H,20,21)/t16-/m1/s1. The van der Waals surface area contributed by atoms with Crippen LogP contribution in [-0.2, 0) is 19.6 Å². The van der Waals surface area contributed by atoms with Gasteiger partial charge in [-0.1, -0.05) is 19.3 Å². The molecule has 2 N–H and O–H groups in total. The Balaban J connectivity index is 1.56.